The van der Waals surface area contributed by atoms with Gasteiger partial charge < -0.3 is 34.7 Å². The molecule has 1 saturated heterocycles. The highest BCUT2D eigenvalue weighted by atomic mass is 16.6. The van der Waals surface area contributed by atoms with E-state index < -0.39 is 29.4 Å². The quantitative estimate of drug-likeness (QED) is 0.245. The number of nitrogens with two attached hydrogens (primary N) is 1. The number of methoxy groups -OCH3 is 2. The van der Waals surface area contributed by atoms with E-state index in [9.17, 15) is 20.1 Å². The Labute approximate surface area is 182 Å². The molecule has 1 fully saturated rings. The third kappa shape index (κ3) is 4.94. The van der Waals surface area contributed by atoms with Crippen molar-refractivity contribution >= 4 is 5.97 Å². The highest BCUT2D eigenvalue weighted by molar-refractivity contribution is 5.66. The van der Waals surface area contributed by atoms with Crippen LogP contribution in [0.3, 0.4) is 0 Å². The molecule has 10 nitrogen and oxygen atoms in total. The number of benzene rings is 1. The van der Waals surface area contributed by atoms with Gasteiger partial charge in [0.1, 0.15) is 11.7 Å². The zero-order valence-electron chi connectivity index (χ0n) is 18.7. The number of carbonyl (C=O) groups excluding carboxylic acids is 1. The Bertz CT molecular complexity index is 777. The van der Waals surface area contributed by atoms with Crippen LogP contribution < -0.4 is 15.4 Å². The summed E-state index contributed by atoms with van der Waals surface area (Å²) in [6.07, 6.45) is 0.393. The minimum atomic E-state index is -2.42. The number of hydrogen-bond acceptors (Lipinski definition) is 10. The van der Waals surface area contributed by atoms with Crippen LogP contribution in [0.2, 0.25) is 0 Å². The molecule has 0 aliphatic carbocycles. The summed E-state index contributed by atoms with van der Waals surface area (Å²) in [7, 11) is 3.18. The SMILES string of the molecule is COc1cc2c(cc1OC)C1CC(OC(C)=O)C(C(O)(O)C(C)(C)O)CN1CC2.NO. The van der Waals surface area contributed by atoms with Crippen molar-refractivity contribution in [3.63, 3.8) is 0 Å². The average Bonchev–Trinajstić information content (AvgIpc) is 2.72. The molecule has 2 aliphatic heterocycles. The van der Waals surface area contributed by atoms with Crippen LogP contribution in [0.5, 0.6) is 11.5 Å². The van der Waals surface area contributed by atoms with Crippen LogP contribution in [0, 0.1) is 5.92 Å². The van der Waals surface area contributed by atoms with Crippen LogP contribution in [-0.4, -0.2) is 76.2 Å². The number of ether oxygens (including phenoxy) is 3. The first kappa shape index (κ1) is 25.3. The second kappa shape index (κ2) is 9.68. The van der Waals surface area contributed by atoms with E-state index in [2.05, 4.69) is 10.8 Å². The van der Waals surface area contributed by atoms with Gasteiger partial charge in [-0.3, -0.25) is 9.69 Å². The van der Waals surface area contributed by atoms with Gasteiger partial charge in [-0.25, -0.2) is 5.90 Å². The van der Waals surface area contributed by atoms with E-state index in [0.717, 1.165) is 17.5 Å². The Balaban J connectivity index is 0.00000166. The van der Waals surface area contributed by atoms with Gasteiger partial charge in [-0.15, -0.1) is 0 Å². The monoisotopic (exact) mass is 442 g/mol. The molecule has 176 valence electrons. The van der Waals surface area contributed by atoms with Gasteiger partial charge in [-0.1, -0.05) is 0 Å². The molecule has 0 spiro atoms. The highest BCUT2D eigenvalue weighted by Gasteiger charge is 2.55. The summed E-state index contributed by atoms with van der Waals surface area (Å²) in [6, 6.07) is 3.84. The van der Waals surface area contributed by atoms with E-state index in [1.54, 1.807) is 14.2 Å². The van der Waals surface area contributed by atoms with Crippen molar-refractivity contribution in [2.45, 2.75) is 57.1 Å². The largest absolute Gasteiger partial charge is 0.493 e. The van der Waals surface area contributed by atoms with Gasteiger partial charge in [0.05, 0.1) is 20.1 Å². The Morgan fingerprint density at radius 3 is 2.23 bits per heavy atom. The van der Waals surface area contributed by atoms with Crippen LogP contribution >= 0.6 is 0 Å². The molecule has 2 heterocycles. The van der Waals surface area contributed by atoms with E-state index in [4.69, 9.17) is 19.4 Å². The molecule has 6 N–H and O–H groups in total. The third-order valence-corrected chi connectivity index (χ3v) is 6.18. The topological polar surface area (TPSA) is 155 Å². The Kier molecular flexibility index (Phi) is 7.90. The molecule has 3 unspecified atom stereocenters. The van der Waals surface area contributed by atoms with Crippen molar-refractivity contribution in [2.75, 3.05) is 27.3 Å². The zero-order valence-corrected chi connectivity index (χ0v) is 18.7. The molecule has 1 aromatic carbocycles. The first-order valence-electron chi connectivity index (χ1n) is 10.1. The Morgan fingerprint density at radius 1 is 1.13 bits per heavy atom. The fourth-order valence-electron chi connectivity index (χ4n) is 4.51. The molecule has 3 rings (SSSR count). The predicted molar refractivity (Wildman–Crippen MR) is 111 cm³/mol. The number of nitrogens with zero attached hydrogens (tertiary/aromatic N) is 1. The van der Waals surface area contributed by atoms with E-state index >= 15 is 0 Å². The first-order chi connectivity index (χ1) is 14.5. The van der Waals surface area contributed by atoms with Gasteiger partial charge in [-0.2, -0.15) is 0 Å². The van der Waals surface area contributed by atoms with Gasteiger partial charge in [0.2, 0.25) is 0 Å². The number of aliphatic hydroxyl groups is 3. The van der Waals surface area contributed by atoms with Crippen molar-refractivity contribution in [3.05, 3.63) is 23.3 Å². The first-order valence-corrected chi connectivity index (χ1v) is 10.1. The molecular formula is C21H34N2O8. The van der Waals surface area contributed by atoms with E-state index in [-0.39, 0.29) is 12.6 Å². The molecule has 10 heteroatoms. The summed E-state index contributed by atoms with van der Waals surface area (Å²) < 4.78 is 16.4. The van der Waals surface area contributed by atoms with Gasteiger partial charge in [0.15, 0.2) is 17.3 Å². The lowest BCUT2D eigenvalue weighted by Gasteiger charge is -2.51. The van der Waals surface area contributed by atoms with Crippen molar-refractivity contribution in [3.8, 4) is 11.5 Å². The van der Waals surface area contributed by atoms with Crippen LogP contribution in [0.1, 0.15) is 44.4 Å². The van der Waals surface area contributed by atoms with Crippen LogP contribution in [-0.2, 0) is 16.0 Å². The lowest BCUT2D eigenvalue weighted by Crippen LogP contribution is -2.64. The van der Waals surface area contributed by atoms with Crippen molar-refractivity contribution in [1.29, 1.82) is 0 Å². The minimum Gasteiger partial charge on any atom is -0.493 e. The lowest BCUT2D eigenvalue weighted by molar-refractivity contribution is -0.313. The summed E-state index contributed by atoms with van der Waals surface area (Å²) in [5, 5.41) is 38.3. The second-order valence-electron chi connectivity index (χ2n) is 8.44. The fourth-order valence-corrected chi connectivity index (χ4v) is 4.51. The Hall–Kier alpha value is -1.95. The van der Waals surface area contributed by atoms with E-state index in [1.807, 2.05) is 12.1 Å². The van der Waals surface area contributed by atoms with Crippen molar-refractivity contribution in [1.82, 2.24) is 4.90 Å². The molecular weight excluding hydrogens is 408 g/mol. The maximum atomic E-state index is 11.7. The zero-order chi connectivity index (χ0) is 23.6. The second-order valence-corrected chi connectivity index (χ2v) is 8.44. The van der Waals surface area contributed by atoms with Crippen LogP contribution in [0.15, 0.2) is 12.1 Å². The Morgan fingerprint density at radius 2 is 1.71 bits per heavy atom. The molecule has 2 aliphatic rings. The van der Waals surface area contributed by atoms with Crippen molar-refractivity contribution in [2.24, 2.45) is 11.8 Å². The number of piperidine rings is 1. The highest BCUT2D eigenvalue weighted by Crippen LogP contribution is 2.46. The third-order valence-electron chi connectivity index (χ3n) is 6.18. The van der Waals surface area contributed by atoms with Gasteiger partial charge in [0.25, 0.3) is 0 Å². The van der Waals surface area contributed by atoms with Gasteiger partial charge >= 0.3 is 5.97 Å². The summed E-state index contributed by atoms with van der Waals surface area (Å²) in [5.41, 5.74) is 0.396. The number of esters is 1. The molecule has 0 amide bonds. The number of rotatable bonds is 5. The van der Waals surface area contributed by atoms with Crippen LogP contribution in [0.4, 0.5) is 0 Å². The molecule has 0 aromatic heterocycles. The average molecular weight is 443 g/mol. The fraction of sp³-hybridized carbons (Fsp3) is 0.667. The maximum absolute atomic E-state index is 11.7. The maximum Gasteiger partial charge on any atom is 0.302 e. The standard InChI is InChI=1S/C21H31NO7.H3NO/c1-12(23)29-17-10-16-14-9-19(28-5)18(27-4)8-13(14)6-7-22(16)11-15(17)21(25,26)20(2,3)24;1-2/h8-9,15-17,24-26H,6-7,10-11H2,1-5H3;2H,1H2. The molecule has 0 bridgehead atoms. The molecule has 0 saturated carbocycles. The minimum absolute atomic E-state index is 0.0724. The number of hydrogen-bond donors (Lipinski definition) is 5. The number of fused-ring (bicyclic) bond motifs is 3. The summed E-state index contributed by atoms with van der Waals surface area (Å²) in [6.45, 7) is 4.96. The predicted octanol–water partition coefficient (Wildman–Crippen LogP) is 0.341. The molecule has 3 atom stereocenters. The summed E-state index contributed by atoms with van der Waals surface area (Å²) >= 11 is 0. The number of carbonyl (C=O) groups is 1. The van der Waals surface area contributed by atoms with E-state index in [1.165, 1.54) is 20.8 Å². The van der Waals surface area contributed by atoms with Crippen LogP contribution in [0.25, 0.3) is 0 Å². The summed E-state index contributed by atoms with van der Waals surface area (Å²) in [5.74, 6) is 1.01. The molecule has 0 radical (unpaired) electrons. The van der Waals surface area contributed by atoms with Gasteiger partial charge in [-0.05, 0) is 43.5 Å². The smallest absolute Gasteiger partial charge is 0.302 e. The van der Waals surface area contributed by atoms with Gasteiger partial charge in [0, 0.05) is 32.5 Å². The van der Waals surface area contributed by atoms with E-state index in [0.29, 0.717) is 24.5 Å². The molecule has 1 aromatic rings. The van der Waals surface area contributed by atoms with Crippen molar-refractivity contribution < 1.29 is 39.5 Å². The lowest BCUT2D eigenvalue weighted by atomic mass is 9.74. The normalized spacial score (nSPS) is 23.6. The summed E-state index contributed by atoms with van der Waals surface area (Å²) in [4.78, 5) is 13.9. The molecule has 31 heavy (non-hydrogen) atoms.